The maximum atomic E-state index is 12.1. The predicted octanol–water partition coefficient (Wildman–Crippen LogP) is 3.89. The summed E-state index contributed by atoms with van der Waals surface area (Å²) >= 11 is 1.60. The minimum Gasteiger partial charge on any atom is -0.494 e. The molecule has 0 fully saturated rings. The van der Waals surface area contributed by atoms with Gasteiger partial charge in [-0.25, -0.2) is 4.98 Å². The maximum absolute atomic E-state index is 12.1. The zero-order valence-corrected chi connectivity index (χ0v) is 16.5. The number of aromatic nitrogens is 1. The summed E-state index contributed by atoms with van der Waals surface area (Å²) in [5.41, 5.74) is 3.05. The zero-order valence-electron chi connectivity index (χ0n) is 15.7. The molecular formula is C21H21N3O3S. The van der Waals surface area contributed by atoms with Crippen molar-refractivity contribution in [2.45, 2.75) is 13.8 Å². The van der Waals surface area contributed by atoms with Crippen molar-refractivity contribution in [2.24, 2.45) is 0 Å². The molecule has 2 amide bonds. The van der Waals surface area contributed by atoms with Gasteiger partial charge >= 0.3 is 0 Å². The molecule has 0 saturated carbocycles. The summed E-state index contributed by atoms with van der Waals surface area (Å²) in [5.74, 6) is 0.0945. The van der Waals surface area contributed by atoms with Crippen LogP contribution in [-0.4, -0.2) is 29.9 Å². The van der Waals surface area contributed by atoms with Gasteiger partial charge in [-0.2, -0.15) is 0 Å². The van der Waals surface area contributed by atoms with E-state index < -0.39 is 0 Å². The number of anilines is 1. The molecule has 0 aliphatic rings. The third-order valence-corrected chi connectivity index (χ3v) is 4.69. The standard InChI is InChI=1S/C21H21N3O3S/c1-3-27-18-10-6-16(7-11-18)21(26)22-12-20(25)24-17-8-4-15(5-9-17)19-13-28-14(2)23-19/h4-11,13H,3,12H2,1-2H3,(H,22,26)(H,24,25). The molecule has 3 rings (SSSR count). The Morgan fingerprint density at radius 2 is 1.79 bits per heavy atom. The second-order valence-corrected chi connectivity index (χ2v) is 7.08. The van der Waals surface area contributed by atoms with Crippen LogP contribution in [0.5, 0.6) is 5.75 Å². The predicted molar refractivity (Wildman–Crippen MR) is 111 cm³/mol. The molecule has 0 aliphatic carbocycles. The fourth-order valence-corrected chi connectivity index (χ4v) is 3.18. The van der Waals surface area contributed by atoms with Gasteiger partial charge in [0.05, 0.1) is 23.9 Å². The second-order valence-electron chi connectivity index (χ2n) is 6.02. The molecule has 3 aromatic rings. The molecule has 0 saturated heterocycles. The number of ether oxygens (including phenoxy) is 1. The van der Waals surface area contributed by atoms with Gasteiger partial charge in [-0.3, -0.25) is 9.59 Å². The van der Waals surface area contributed by atoms with Crippen LogP contribution in [0.3, 0.4) is 0 Å². The van der Waals surface area contributed by atoms with Gasteiger partial charge in [-0.05, 0) is 50.2 Å². The number of hydrogen-bond donors (Lipinski definition) is 2. The van der Waals surface area contributed by atoms with Crippen LogP contribution in [0.1, 0.15) is 22.3 Å². The topological polar surface area (TPSA) is 80.3 Å². The highest BCUT2D eigenvalue weighted by atomic mass is 32.1. The maximum Gasteiger partial charge on any atom is 0.251 e. The summed E-state index contributed by atoms with van der Waals surface area (Å²) in [4.78, 5) is 28.7. The van der Waals surface area contributed by atoms with E-state index in [1.54, 1.807) is 35.6 Å². The minimum atomic E-state index is -0.313. The number of nitrogens with zero attached hydrogens (tertiary/aromatic N) is 1. The van der Waals surface area contributed by atoms with Crippen molar-refractivity contribution in [1.82, 2.24) is 10.3 Å². The molecule has 0 radical (unpaired) electrons. The number of aryl methyl sites for hydroxylation is 1. The van der Waals surface area contributed by atoms with Crippen LogP contribution in [0.15, 0.2) is 53.9 Å². The van der Waals surface area contributed by atoms with E-state index in [0.29, 0.717) is 23.6 Å². The summed E-state index contributed by atoms with van der Waals surface area (Å²) in [5, 5.41) is 8.39. The van der Waals surface area contributed by atoms with Gasteiger partial charge in [0, 0.05) is 22.2 Å². The Labute approximate surface area is 167 Å². The van der Waals surface area contributed by atoms with Crippen molar-refractivity contribution in [1.29, 1.82) is 0 Å². The van der Waals surface area contributed by atoms with E-state index in [9.17, 15) is 9.59 Å². The van der Waals surface area contributed by atoms with E-state index in [1.165, 1.54) is 0 Å². The molecule has 0 spiro atoms. The Balaban J connectivity index is 1.50. The minimum absolute atomic E-state index is 0.112. The Bertz CT molecular complexity index is 950. The van der Waals surface area contributed by atoms with E-state index >= 15 is 0 Å². The third-order valence-electron chi connectivity index (χ3n) is 3.92. The number of hydrogen-bond acceptors (Lipinski definition) is 5. The highest BCUT2D eigenvalue weighted by molar-refractivity contribution is 7.09. The third kappa shape index (κ3) is 5.17. The lowest BCUT2D eigenvalue weighted by Crippen LogP contribution is -2.32. The molecule has 0 bridgehead atoms. The molecule has 0 aliphatic heterocycles. The number of thiazole rings is 1. The van der Waals surface area contributed by atoms with Gasteiger partial charge in [-0.15, -0.1) is 11.3 Å². The fourth-order valence-electron chi connectivity index (χ4n) is 2.56. The monoisotopic (exact) mass is 395 g/mol. The number of nitrogens with one attached hydrogen (secondary N) is 2. The van der Waals surface area contributed by atoms with E-state index in [4.69, 9.17) is 4.74 Å². The first-order chi connectivity index (χ1) is 13.5. The average Bonchev–Trinajstić information content (AvgIpc) is 3.14. The van der Waals surface area contributed by atoms with Gasteiger partial charge in [0.15, 0.2) is 0 Å². The zero-order chi connectivity index (χ0) is 19.9. The van der Waals surface area contributed by atoms with Gasteiger partial charge in [0.2, 0.25) is 5.91 Å². The molecule has 0 unspecified atom stereocenters. The SMILES string of the molecule is CCOc1ccc(C(=O)NCC(=O)Nc2ccc(-c3csc(C)n3)cc2)cc1. The van der Waals surface area contributed by atoms with Crippen molar-refractivity contribution in [3.05, 3.63) is 64.5 Å². The van der Waals surface area contributed by atoms with Crippen molar-refractivity contribution >= 4 is 28.8 Å². The Kier molecular flexibility index (Phi) is 6.39. The number of benzene rings is 2. The number of amides is 2. The average molecular weight is 395 g/mol. The number of carbonyl (C=O) groups is 2. The van der Waals surface area contributed by atoms with Gasteiger partial charge in [0.25, 0.3) is 5.91 Å². The summed E-state index contributed by atoms with van der Waals surface area (Å²) in [6, 6.07) is 14.2. The van der Waals surface area contributed by atoms with Crippen LogP contribution in [0.4, 0.5) is 5.69 Å². The molecule has 0 atom stereocenters. The van der Waals surface area contributed by atoms with Crippen LogP contribution in [-0.2, 0) is 4.79 Å². The molecule has 1 aromatic heterocycles. The lowest BCUT2D eigenvalue weighted by Gasteiger charge is -2.08. The first-order valence-electron chi connectivity index (χ1n) is 8.88. The van der Waals surface area contributed by atoms with Gasteiger partial charge in [-0.1, -0.05) is 12.1 Å². The summed E-state index contributed by atoms with van der Waals surface area (Å²) in [7, 11) is 0. The van der Waals surface area contributed by atoms with E-state index in [1.807, 2.05) is 43.5 Å². The number of carbonyl (C=O) groups excluding carboxylic acids is 2. The highest BCUT2D eigenvalue weighted by Gasteiger charge is 2.09. The summed E-state index contributed by atoms with van der Waals surface area (Å²) in [6.07, 6.45) is 0. The Morgan fingerprint density at radius 3 is 2.39 bits per heavy atom. The molecule has 28 heavy (non-hydrogen) atoms. The molecule has 7 heteroatoms. The van der Waals surface area contributed by atoms with Crippen molar-refractivity contribution in [3.63, 3.8) is 0 Å². The van der Waals surface area contributed by atoms with Crippen LogP contribution < -0.4 is 15.4 Å². The van der Waals surface area contributed by atoms with E-state index in [2.05, 4.69) is 15.6 Å². The lowest BCUT2D eigenvalue weighted by atomic mass is 10.1. The summed E-state index contributed by atoms with van der Waals surface area (Å²) < 4.78 is 5.34. The Morgan fingerprint density at radius 1 is 1.07 bits per heavy atom. The van der Waals surface area contributed by atoms with Crippen LogP contribution in [0.2, 0.25) is 0 Å². The van der Waals surface area contributed by atoms with Gasteiger partial charge < -0.3 is 15.4 Å². The molecular weight excluding hydrogens is 374 g/mol. The van der Waals surface area contributed by atoms with Crippen LogP contribution in [0.25, 0.3) is 11.3 Å². The van der Waals surface area contributed by atoms with Gasteiger partial charge in [0.1, 0.15) is 5.75 Å². The van der Waals surface area contributed by atoms with Crippen molar-refractivity contribution in [2.75, 3.05) is 18.5 Å². The largest absolute Gasteiger partial charge is 0.494 e. The van der Waals surface area contributed by atoms with Crippen LogP contribution in [0, 0.1) is 6.92 Å². The molecule has 144 valence electrons. The summed E-state index contributed by atoms with van der Waals surface area (Å²) in [6.45, 7) is 4.31. The highest BCUT2D eigenvalue weighted by Crippen LogP contribution is 2.23. The molecule has 2 aromatic carbocycles. The first-order valence-corrected chi connectivity index (χ1v) is 9.76. The second kappa shape index (κ2) is 9.14. The molecule has 2 N–H and O–H groups in total. The smallest absolute Gasteiger partial charge is 0.251 e. The normalized spacial score (nSPS) is 10.4. The quantitative estimate of drug-likeness (QED) is 0.636. The number of rotatable bonds is 7. The lowest BCUT2D eigenvalue weighted by molar-refractivity contribution is -0.115. The Hall–Kier alpha value is -3.19. The fraction of sp³-hybridized carbons (Fsp3) is 0.190. The van der Waals surface area contributed by atoms with Crippen molar-refractivity contribution in [3.8, 4) is 17.0 Å². The van der Waals surface area contributed by atoms with Crippen LogP contribution >= 0.6 is 11.3 Å². The van der Waals surface area contributed by atoms with Crippen molar-refractivity contribution < 1.29 is 14.3 Å². The molecule has 1 heterocycles. The molecule has 6 nitrogen and oxygen atoms in total. The van der Waals surface area contributed by atoms with E-state index in [-0.39, 0.29) is 18.4 Å². The van der Waals surface area contributed by atoms with E-state index in [0.717, 1.165) is 16.3 Å². The first kappa shape index (κ1) is 19.6.